The summed E-state index contributed by atoms with van der Waals surface area (Å²) in [5.41, 5.74) is 1.50. The Morgan fingerprint density at radius 2 is 1.66 bits per heavy atom. The second-order valence-electron chi connectivity index (χ2n) is 7.62. The number of hydrogen-bond donors (Lipinski definition) is 2. The monoisotopic (exact) mass is 429 g/mol. The quantitative estimate of drug-likeness (QED) is 0.641. The smallest absolute Gasteiger partial charge is 0.262 e. The molecule has 0 saturated carbocycles. The van der Waals surface area contributed by atoms with Crippen LogP contribution in [-0.4, -0.2) is 33.6 Å². The lowest BCUT2D eigenvalue weighted by molar-refractivity contribution is 0.407. The van der Waals surface area contributed by atoms with E-state index in [1.165, 1.54) is 0 Å². The molecule has 0 aromatic heterocycles. The Kier molecular flexibility index (Phi) is 5.42. The van der Waals surface area contributed by atoms with Gasteiger partial charge in [0.15, 0.2) is 0 Å². The fourth-order valence-corrected chi connectivity index (χ4v) is 5.50. The van der Waals surface area contributed by atoms with Gasteiger partial charge in [-0.3, -0.25) is 4.72 Å². The number of benzene rings is 3. The molecule has 1 aliphatic rings. The van der Waals surface area contributed by atoms with Crippen molar-refractivity contribution in [1.82, 2.24) is 5.32 Å². The molecule has 29 heavy (non-hydrogen) atoms. The van der Waals surface area contributed by atoms with Crippen molar-refractivity contribution in [2.75, 3.05) is 22.7 Å². The summed E-state index contributed by atoms with van der Waals surface area (Å²) in [6.45, 7) is 6.08. The Morgan fingerprint density at radius 1 is 0.966 bits per heavy atom. The van der Waals surface area contributed by atoms with Gasteiger partial charge in [0.1, 0.15) is 0 Å². The van der Waals surface area contributed by atoms with E-state index in [0.717, 1.165) is 24.2 Å². The SMILES string of the molecule is C[C@@H]1CN(c2ccc(S(=O)(=O)Nc3cccc(Cl)c3)c3ccccc23)C[C@H](C)N1. The third-order valence-electron chi connectivity index (χ3n) is 5.13. The minimum atomic E-state index is -3.77. The lowest BCUT2D eigenvalue weighted by atomic mass is 10.1. The molecule has 2 N–H and O–H groups in total. The van der Waals surface area contributed by atoms with E-state index in [1.54, 1.807) is 30.3 Å². The van der Waals surface area contributed by atoms with E-state index in [1.807, 2.05) is 30.3 Å². The first kappa shape index (κ1) is 20.0. The summed E-state index contributed by atoms with van der Waals surface area (Å²) in [6, 6.07) is 18.7. The first-order chi connectivity index (χ1) is 13.8. The maximum Gasteiger partial charge on any atom is 0.262 e. The zero-order valence-electron chi connectivity index (χ0n) is 16.4. The Morgan fingerprint density at radius 3 is 2.34 bits per heavy atom. The second-order valence-corrected chi connectivity index (χ2v) is 9.71. The third-order valence-corrected chi connectivity index (χ3v) is 6.80. The minimum Gasteiger partial charge on any atom is -0.368 e. The van der Waals surface area contributed by atoms with Gasteiger partial charge in [0.2, 0.25) is 0 Å². The third kappa shape index (κ3) is 4.20. The van der Waals surface area contributed by atoms with Gasteiger partial charge in [-0.25, -0.2) is 8.42 Å². The number of anilines is 2. The van der Waals surface area contributed by atoms with Gasteiger partial charge in [-0.05, 0) is 44.2 Å². The molecule has 152 valence electrons. The van der Waals surface area contributed by atoms with Crippen molar-refractivity contribution in [3.63, 3.8) is 0 Å². The molecule has 1 saturated heterocycles. The van der Waals surface area contributed by atoms with Gasteiger partial charge in [0.05, 0.1) is 10.6 Å². The summed E-state index contributed by atoms with van der Waals surface area (Å²) < 4.78 is 28.9. The highest BCUT2D eigenvalue weighted by Crippen LogP contribution is 2.33. The highest BCUT2D eigenvalue weighted by Gasteiger charge is 2.25. The topological polar surface area (TPSA) is 61.4 Å². The minimum absolute atomic E-state index is 0.257. The molecule has 5 nitrogen and oxygen atoms in total. The molecule has 0 bridgehead atoms. The zero-order valence-corrected chi connectivity index (χ0v) is 18.0. The molecule has 0 spiro atoms. The van der Waals surface area contributed by atoms with Gasteiger partial charge < -0.3 is 10.2 Å². The summed E-state index contributed by atoms with van der Waals surface area (Å²) in [7, 11) is -3.77. The van der Waals surface area contributed by atoms with Crippen molar-refractivity contribution in [2.24, 2.45) is 0 Å². The molecule has 3 aromatic rings. The van der Waals surface area contributed by atoms with Crippen LogP contribution in [0.5, 0.6) is 0 Å². The maximum atomic E-state index is 13.1. The maximum absolute atomic E-state index is 13.1. The standard InChI is InChI=1S/C22H24ClN3O2S/c1-15-13-26(14-16(2)24-15)21-10-11-22(20-9-4-3-8-19(20)21)29(27,28)25-18-7-5-6-17(23)12-18/h3-12,15-16,24-25H,13-14H2,1-2H3/t15-,16+. The van der Waals surface area contributed by atoms with Crippen LogP contribution in [0.4, 0.5) is 11.4 Å². The van der Waals surface area contributed by atoms with Crippen molar-refractivity contribution in [1.29, 1.82) is 0 Å². The van der Waals surface area contributed by atoms with Crippen LogP contribution in [0.1, 0.15) is 13.8 Å². The lowest BCUT2D eigenvalue weighted by Crippen LogP contribution is -2.54. The number of hydrogen-bond acceptors (Lipinski definition) is 4. The van der Waals surface area contributed by atoms with Crippen LogP contribution in [-0.2, 0) is 10.0 Å². The number of fused-ring (bicyclic) bond motifs is 1. The van der Waals surface area contributed by atoms with Gasteiger partial charge >= 0.3 is 0 Å². The fourth-order valence-electron chi connectivity index (χ4n) is 4.05. The first-order valence-corrected chi connectivity index (χ1v) is 11.5. The highest BCUT2D eigenvalue weighted by atomic mass is 35.5. The molecule has 0 radical (unpaired) electrons. The summed E-state index contributed by atoms with van der Waals surface area (Å²) in [5.74, 6) is 0. The Balaban J connectivity index is 1.77. The van der Waals surface area contributed by atoms with Crippen LogP contribution in [0.15, 0.2) is 65.6 Å². The average molecular weight is 430 g/mol. The zero-order chi connectivity index (χ0) is 20.6. The summed E-state index contributed by atoms with van der Waals surface area (Å²) >= 11 is 6.00. The molecule has 1 aliphatic heterocycles. The number of halogens is 1. The van der Waals surface area contributed by atoms with Crippen molar-refractivity contribution in [2.45, 2.75) is 30.8 Å². The van der Waals surface area contributed by atoms with E-state index >= 15 is 0 Å². The predicted octanol–water partition coefficient (Wildman–Crippen LogP) is 4.48. The molecule has 1 fully saturated rings. The molecule has 0 unspecified atom stereocenters. The van der Waals surface area contributed by atoms with E-state index < -0.39 is 10.0 Å². The lowest BCUT2D eigenvalue weighted by Gasteiger charge is -2.38. The fraction of sp³-hybridized carbons (Fsp3) is 0.273. The Hall–Kier alpha value is -2.28. The van der Waals surface area contributed by atoms with E-state index in [2.05, 4.69) is 28.8 Å². The van der Waals surface area contributed by atoms with E-state index in [-0.39, 0.29) is 4.90 Å². The molecule has 1 heterocycles. The van der Waals surface area contributed by atoms with Crippen LogP contribution in [0.2, 0.25) is 5.02 Å². The Bertz CT molecular complexity index is 1140. The molecule has 0 amide bonds. The second kappa shape index (κ2) is 7.86. The molecular formula is C22H24ClN3O2S. The summed E-state index contributed by atoms with van der Waals surface area (Å²) in [6.07, 6.45) is 0. The van der Waals surface area contributed by atoms with Gasteiger partial charge in [-0.15, -0.1) is 0 Å². The molecule has 0 aliphatic carbocycles. The molecule has 3 aromatic carbocycles. The van der Waals surface area contributed by atoms with Crippen molar-refractivity contribution in [3.8, 4) is 0 Å². The van der Waals surface area contributed by atoms with Crippen LogP contribution in [0.25, 0.3) is 10.8 Å². The van der Waals surface area contributed by atoms with Crippen molar-refractivity contribution in [3.05, 3.63) is 65.7 Å². The highest BCUT2D eigenvalue weighted by molar-refractivity contribution is 7.93. The van der Waals surface area contributed by atoms with Crippen LogP contribution in [0, 0.1) is 0 Å². The molecule has 7 heteroatoms. The summed E-state index contributed by atoms with van der Waals surface area (Å²) in [5, 5.41) is 5.66. The van der Waals surface area contributed by atoms with E-state index in [4.69, 9.17) is 11.6 Å². The number of nitrogens with one attached hydrogen (secondary N) is 2. The van der Waals surface area contributed by atoms with E-state index in [9.17, 15) is 8.42 Å². The van der Waals surface area contributed by atoms with Crippen LogP contribution in [0.3, 0.4) is 0 Å². The van der Waals surface area contributed by atoms with Gasteiger partial charge in [0, 0.05) is 46.7 Å². The number of rotatable bonds is 4. The average Bonchev–Trinajstić information content (AvgIpc) is 2.66. The molecule has 4 rings (SSSR count). The predicted molar refractivity (Wildman–Crippen MR) is 120 cm³/mol. The van der Waals surface area contributed by atoms with Crippen molar-refractivity contribution >= 4 is 43.8 Å². The molecule has 2 atom stereocenters. The van der Waals surface area contributed by atoms with Crippen molar-refractivity contribution < 1.29 is 8.42 Å². The number of nitrogens with zero attached hydrogens (tertiary/aromatic N) is 1. The van der Waals surface area contributed by atoms with E-state index in [0.29, 0.717) is 28.2 Å². The summed E-state index contributed by atoms with van der Waals surface area (Å²) in [4.78, 5) is 2.59. The number of sulfonamides is 1. The largest absolute Gasteiger partial charge is 0.368 e. The van der Waals surface area contributed by atoms with Gasteiger partial charge in [0.25, 0.3) is 10.0 Å². The normalized spacial score (nSPS) is 20.0. The van der Waals surface area contributed by atoms with Crippen LogP contribution < -0.4 is 14.9 Å². The van der Waals surface area contributed by atoms with Gasteiger partial charge in [-0.2, -0.15) is 0 Å². The Labute approximate surface area is 176 Å². The van der Waals surface area contributed by atoms with Gasteiger partial charge in [-0.1, -0.05) is 41.9 Å². The first-order valence-electron chi connectivity index (χ1n) is 9.64. The number of piperazine rings is 1. The van der Waals surface area contributed by atoms with Crippen LogP contribution >= 0.6 is 11.6 Å². The molecular weight excluding hydrogens is 406 g/mol.